The van der Waals surface area contributed by atoms with Crippen LogP contribution in [0.5, 0.6) is 11.5 Å². The van der Waals surface area contributed by atoms with Gasteiger partial charge < -0.3 is 23.5 Å². The average Bonchev–Trinajstić information content (AvgIpc) is 3.24. The summed E-state index contributed by atoms with van der Waals surface area (Å²) in [5.41, 5.74) is 0.681. The molecular formula is C26H46N2O6Si2. The van der Waals surface area contributed by atoms with Crippen LogP contribution in [-0.4, -0.2) is 73.3 Å². The highest BCUT2D eigenvalue weighted by Crippen LogP contribution is 2.38. The van der Waals surface area contributed by atoms with Crippen LogP contribution < -0.4 is 14.8 Å². The quantitative estimate of drug-likeness (QED) is 0.356. The summed E-state index contributed by atoms with van der Waals surface area (Å²) < 4.78 is 22.7. The molecule has 2 rings (SSSR count). The van der Waals surface area contributed by atoms with Crippen molar-refractivity contribution in [2.75, 3.05) is 39.3 Å². The number of likely N-dealkylation sites (tertiary alicyclic amines) is 1. The first-order valence-corrected chi connectivity index (χ1v) is 19.4. The van der Waals surface area contributed by atoms with E-state index < -0.39 is 22.5 Å². The molecule has 1 aromatic rings. The van der Waals surface area contributed by atoms with Gasteiger partial charge in [0, 0.05) is 20.7 Å². The number of hydrogen-bond donors (Lipinski definition) is 1. The van der Waals surface area contributed by atoms with Crippen molar-refractivity contribution in [3.05, 3.63) is 17.7 Å². The van der Waals surface area contributed by atoms with Crippen LogP contribution in [0.1, 0.15) is 44.0 Å². The van der Waals surface area contributed by atoms with Gasteiger partial charge in [0.05, 0.1) is 44.7 Å². The van der Waals surface area contributed by atoms with Gasteiger partial charge in [-0.2, -0.15) is 0 Å². The Morgan fingerprint density at radius 2 is 1.67 bits per heavy atom. The maximum Gasteiger partial charge on any atom is 0.411 e. The summed E-state index contributed by atoms with van der Waals surface area (Å²) in [6.45, 7) is 19.2. The molecule has 0 aromatic heterocycles. The molecule has 204 valence electrons. The van der Waals surface area contributed by atoms with E-state index in [0.717, 1.165) is 18.9 Å². The molecule has 1 aromatic carbocycles. The van der Waals surface area contributed by atoms with E-state index >= 15 is 0 Å². The maximum absolute atomic E-state index is 13.8. The topological polar surface area (TPSA) is 86.3 Å². The number of carbonyl (C=O) groups excluding carboxylic acids is 2. The van der Waals surface area contributed by atoms with Crippen molar-refractivity contribution >= 4 is 34.1 Å². The third-order valence-corrected chi connectivity index (χ3v) is 13.4. The van der Waals surface area contributed by atoms with Crippen molar-refractivity contribution in [1.82, 2.24) is 4.90 Å². The zero-order valence-corrected chi connectivity index (χ0v) is 25.9. The van der Waals surface area contributed by atoms with Gasteiger partial charge in [0.25, 0.3) is 5.91 Å². The van der Waals surface area contributed by atoms with Crippen LogP contribution in [0.4, 0.5) is 10.5 Å². The van der Waals surface area contributed by atoms with E-state index in [1.165, 1.54) is 14.2 Å². The fourth-order valence-corrected chi connectivity index (χ4v) is 5.46. The highest BCUT2D eigenvalue weighted by molar-refractivity contribution is 6.76. The molecule has 0 aliphatic carbocycles. The second-order valence-corrected chi connectivity index (χ2v) is 22.6. The Morgan fingerprint density at radius 1 is 1.06 bits per heavy atom. The van der Waals surface area contributed by atoms with Crippen LogP contribution in [0.2, 0.25) is 43.8 Å². The molecule has 0 radical (unpaired) electrons. The molecule has 10 heteroatoms. The molecule has 0 saturated carbocycles. The number of nitrogens with zero attached hydrogens (tertiary/aromatic N) is 1. The highest BCUT2D eigenvalue weighted by Gasteiger charge is 2.39. The molecule has 1 aliphatic heterocycles. The van der Waals surface area contributed by atoms with Gasteiger partial charge in [-0.25, -0.2) is 4.79 Å². The van der Waals surface area contributed by atoms with Gasteiger partial charge >= 0.3 is 6.09 Å². The van der Waals surface area contributed by atoms with Crippen molar-refractivity contribution in [2.45, 2.75) is 83.5 Å². The molecule has 0 spiro atoms. The van der Waals surface area contributed by atoms with Crippen LogP contribution in [0.15, 0.2) is 12.1 Å². The molecule has 1 N–H and O–H groups in total. The summed E-state index contributed by atoms with van der Waals surface area (Å²) >= 11 is 0. The summed E-state index contributed by atoms with van der Waals surface area (Å²) in [7, 11) is -0.249. The van der Waals surface area contributed by atoms with Gasteiger partial charge in [0.15, 0.2) is 19.8 Å². The van der Waals surface area contributed by atoms with Gasteiger partial charge in [-0.05, 0) is 43.1 Å². The summed E-state index contributed by atoms with van der Waals surface area (Å²) in [6.07, 6.45) is 1.20. The van der Waals surface area contributed by atoms with E-state index in [1.54, 1.807) is 12.1 Å². The first-order chi connectivity index (χ1) is 16.6. The predicted octanol–water partition coefficient (Wildman–Crippen LogP) is 6.22. The Hall–Kier alpha value is -2.05. The Bertz CT molecular complexity index is 924. The van der Waals surface area contributed by atoms with Gasteiger partial charge in [-0.15, -0.1) is 0 Å². The molecular weight excluding hydrogens is 492 g/mol. The number of benzene rings is 1. The van der Waals surface area contributed by atoms with Gasteiger partial charge in [-0.1, -0.05) is 40.4 Å². The third-order valence-electron chi connectivity index (χ3n) is 7.16. The van der Waals surface area contributed by atoms with Crippen LogP contribution >= 0.6 is 0 Å². The van der Waals surface area contributed by atoms with Crippen molar-refractivity contribution in [3.8, 4) is 11.5 Å². The van der Waals surface area contributed by atoms with E-state index in [1.807, 2.05) is 4.90 Å². The lowest BCUT2D eigenvalue weighted by atomic mass is 10.1. The molecule has 1 saturated heterocycles. The van der Waals surface area contributed by atoms with Gasteiger partial charge in [0.2, 0.25) is 0 Å². The molecule has 36 heavy (non-hydrogen) atoms. The number of nitrogens with one attached hydrogen (secondary N) is 1. The number of methoxy groups -OCH3 is 2. The summed E-state index contributed by atoms with van der Waals surface area (Å²) in [5.74, 6) is 0.673. The van der Waals surface area contributed by atoms with Gasteiger partial charge in [0.1, 0.15) is 0 Å². The zero-order chi connectivity index (χ0) is 27.3. The number of rotatable bonds is 10. The van der Waals surface area contributed by atoms with Crippen LogP contribution in [-0.2, 0) is 9.16 Å². The van der Waals surface area contributed by atoms with E-state index in [2.05, 4.69) is 58.8 Å². The lowest BCUT2D eigenvalue weighted by Gasteiger charge is -2.38. The molecule has 1 atom stereocenters. The van der Waals surface area contributed by atoms with Crippen molar-refractivity contribution in [3.63, 3.8) is 0 Å². The lowest BCUT2D eigenvalue weighted by molar-refractivity contribution is 0.0684. The molecule has 0 bridgehead atoms. The van der Waals surface area contributed by atoms with Crippen molar-refractivity contribution in [1.29, 1.82) is 0 Å². The number of amides is 2. The normalized spacial score (nSPS) is 16.6. The first-order valence-electron chi connectivity index (χ1n) is 12.7. The Kier molecular flexibility index (Phi) is 10.1. The fraction of sp³-hybridized carbons (Fsp3) is 0.692. The zero-order valence-electron chi connectivity index (χ0n) is 23.9. The number of carbonyl (C=O) groups is 2. The standard InChI is InChI=1S/C26H46N2O6Si2/c1-26(2,3)36(9,10)34-18-19-12-11-13-28(19)24(29)20-16-22(31-4)23(32-5)17-21(20)27-25(30)33-14-15-35(6,7)8/h16-17,19H,11-15,18H2,1-10H3,(H,27,30)/t19-/m0/s1. The second-order valence-electron chi connectivity index (χ2n) is 12.2. The molecule has 1 aliphatic rings. The molecule has 8 nitrogen and oxygen atoms in total. The van der Waals surface area contributed by atoms with Crippen molar-refractivity contribution < 1.29 is 28.2 Å². The minimum absolute atomic E-state index is 0.0173. The Morgan fingerprint density at radius 3 is 2.22 bits per heavy atom. The van der Waals surface area contributed by atoms with E-state index in [4.69, 9.17) is 18.6 Å². The Labute approximate surface area is 219 Å². The number of anilines is 1. The Balaban J connectivity index is 2.27. The van der Waals surface area contributed by atoms with Crippen LogP contribution in [0, 0.1) is 0 Å². The van der Waals surface area contributed by atoms with Gasteiger partial charge in [-0.3, -0.25) is 10.1 Å². The highest BCUT2D eigenvalue weighted by atomic mass is 28.4. The summed E-state index contributed by atoms with van der Waals surface area (Å²) in [5, 5.41) is 2.86. The first kappa shape index (κ1) is 30.2. The monoisotopic (exact) mass is 538 g/mol. The minimum atomic E-state index is -1.95. The molecule has 0 unspecified atom stereocenters. The molecule has 1 fully saturated rings. The van der Waals surface area contributed by atoms with Crippen LogP contribution in [0.25, 0.3) is 0 Å². The fourth-order valence-electron chi connectivity index (χ4n) is 3.71. The SMILES string of the molecule is COc1cc(NC(=O)OCC[Si](C)(C)C)c(C(=O)N2CCC[C@H]2CO[Si](C)(C)C(C)(C)C)cc1OC. The van der Waals surface area contributed by atoms with Crippen LogP contribution in [0.3, 0.4) is 0 Å². The van der Waals surface area contributed by atoms with Crippen molar-refractivity contribution in [2.24, 2.45) is 0 Å². The minimum Gasteiger partial charge on any atom is -0.493 e. The molecule has 1 heterocycles. The second kappa shape index (κ2) is 12.0. The largest absolute Gasteiger partial charge is 0.493 e. The van der Waals surface area contributed by atoms with E-state index in [9.17, 15) is 9.59 Å². The van der Waals surface area contributed by atoms with E-state index in [-0.39, 0.29) is 17.0 Å². The number of hydrogen-bond acceptors (Lipinski definition) is 6. The predicted molar refractivity (Wildman–Crippen MR) is 150 cm³/mol. The average molecular weight is 539 g/mol. The smallest absolute Gasteiger partial charge is 0.411 e. The van der Waals surface area contributed by atoms with E-state index in [0.29, 0.717) is 42.5 Å². The summed E-state index contributed by atoms with van der Waals surface area (Å²) in [6, 6.07) is 4.09. The third kappa shape index (κ3) is 7.98. The molecule has 2 amide bonds. The lowest BCUT2D eigenvalue weighted by Crippen LogP contribution is -2.46. The number of ether oxygens (including phenoxy) is 3. The summed E-state index contributed by atoms with van der Waals surface area (Å²) in [4.78, 5) is 28.2. The maximum atomic E-state index is 13.8.